The van der Waals surface area contributed by atoms with Crippen molar-refractivity contribution in [2.24, 2.45) is 4.99 Å². The van der Waals surface area contributed by atoms with E-state index in [1.165, 1.54) is 0 Å². The van der Waals surface area contributed by atoms with Crippen LogP contribution in [0.3, 0.4) is 0 Å². The fourth-order valence-corrected chi connectivity index (χ4v) is 2.02. The second-order valence-electron chi connectivity index (χ2n) is 4.70. The summed E-state index contributed by atoms with van der Waals surface area (Å²) in [7, 11) is 1.84. The van der Waals surface area contributed by atoms with E-state index in [4.69, 9.17) is 0 Å². The van der Waals surface area contributed by atoms with Crippen LogP contribution in [0, 0.1) is 11.6 Å². The normalized spacial score (nSPS) is 11.3. The molecule has 0 unspecified atom stereocenters. The van der Waals surface area contributed by atoms with Crippen molar-refractivity contribution < 1.29 is 8.78 Å². The van der Waals surface area contributed by atoms with Crippen LogP contribution in [0.25, 0.3) is 5.70 Å². The zero-order valence-corrected chi connectivity index (χ0v) is 11.8. The van der Waals surface area contributed by atoms with Crippen molar-refractivity contribution >= 4 is 12.4 Å². The van der Waals surface area contributed by atoms with Gasteiger partial charge in [-0.15, -0.1) is 0 Å². The van der Waals surface area contributed by atoms with E-state index in [0.29, 0.717) is 12.2 Å². The van der Waals surface area contributed by atoms with Crippen LogP contribution in [0.15, 0.2) is 59.7 Å². The van der Waals surface area contributed by atoms with Gasteiger partial charge in [0.2, 0.25) is 0 Å². The molecular formula is C17H16F2N2. The third-order valence-electron chi connectivity index (χ3n) is 2.99. The molecular weight excluding hydrogens is 270 g/mol. The summed E-state index contributed by atoms with van der Waals surface area (Å²) < 4.78 is 27.0. The average molecular weight is 286 g/mol. The Morgan fingerprint density at radius 2 is 1.90 bits per heavy atom. The highest BCUT2D eigenvalue weighted by Gasteiger charge is 2.09. The molecule has 0 N–H and O–H groups in total. The van der Waals surface area contributed by atoms with Gasteiger partial charge in [-0.05, 0) is 30.5 Å². The molecule has 21 heavy (non-hydrogen) atoms. The first kappa shape index (κ1) is 14.9. The average Bonchev–Trinajstić information content (AvgIpc) is 2.48. The molecule has 108 valence electrons. The highest BCUT2D eigenvalue weighted by atomic mass is 19.1. The van der Waals surface area contributed by atoms with E-state index in [2.05, 4.69) is 11.7 Å². The maximum absolute atomic E-state index is 13.8. The van der Waals surface area contributed by atoms with Crippen molar-refractivity contribution in [1.82, 2.24) is 4.90 Å². The Morgan fingerprint density at radius 1 is 1.19 bits per heavy atom. The summed E-state index contributed by atoms with van der Waals surface area (Å²) in [5.74, 6) is -1.03. The summed E-state index contributed by atoms with van der Waals surface area (Å²) in [4.78, 5) is 5.66. The molecule has 0 bridgehead atoms. The quantitative estimate of drug-likeness (QED) is 0.756. The van der Waals surface area contributed by atoms with Crippen LogP contribution in [0.2, 0.25) is 0 Å². The van der Waals surface area contributed by atoms with E-state index in [9.17, 15) is 8.78 Å². The van der Waals surface area contributed by atoms with Gasteiger partial charge in [-0.1, -0.05) is 30.3 Å². The molecule has 0 saturated heterocycles. The first-order chi connectivity index (χ1) is 10.1. The fraction of sp³-hybridized carbons (Fsp3) is 0.118. The molecule has 2 nitrogen and oxygen atoms in total. The van der Waals surface area contributed by atoms with Crippen molar-refractivity contribution in [2.45, 2.75) is 6.54 Å². The van der Waals surface area contributed by atoms with E-state index in [-0.39, 0.29) is 5.56 Å². The Balaban J connectivity index is 2.24. The van der Waals surface area contributed by atoms with Gasteiger partial charge < -0.3 is 4.90 Å². The van der Waals surface area contributed by atoms with Gasteiger partial charge >= 0.3 is 0 Å². The molecule has 2 aromatic rings. The Bertz CT molecular complexity index is 651. The van der Waals surface area contributed by atoms with Crippen LogP contribution in [0.4, 0.5) is 8.78 Å². The van der Waals surface area contributed by atoms with Crippen molar-refractivity contribution in [3.05, 3.63) is 77.5 Å². The molecule has 0 fully saturated rings. The highest BCUT2D eigenvalue weighted by Crippen LogP contribution is 2.21. The van der Waals surface area contributed by atoms with Gasteiger partial charge in [-0.2, -0.15) is 0 Å². The molecule has 0 aliphatic rings. The van der Waals surface area contributed by atoms with Crippen molar-refractivity contribution in [3.63, 3.8) is 0 Å². The molecule has 0 heterocycles. The Morgan fingerprint density at radius 3 is 2.57 bits per heavy atom. The molecule has 2 rings (SSSR count). The second kappa shape index (κ2) is 6.79. The maximum Gasteiger partial charge on any atom is 0.132 e. The number of rotatable bonds is 5. The Kier molecular flexibility index (Phi) is 4.82. The zero-order valence-electron chi connectivity index (χ0n) is 11.8. The lowest BCUT2D eigenvalue weighted by atomic mass is 10.1. The van der Waals surface area contributed by atoms with Crippen LogP contribution < -0.4 is 0 Å². The van der Waals surface area contributed by atoms with Gasteiger partial charge in [-0.3, -0.25) is 4.99 Å². The number of hydrogen-bond acceptors (Lipinski definition) is 2. The summed E-state index contributed by atoms with van der Waals surface area (Å²) in [6.45, 7) is 4.07. The largest absolute Gasteiger partial charge is 0.374 e. The lowest BCUT2D eigenvalue weighted by Gasteiger charge is -2.16. The lowest BCUT2D eigenvalue weighted by Crippen LogP contribution is -2.11. The standard InChI is InChI=1S/C17H16F2N2/c1-20-17(15-10-14(18)8-9-16(15)19)12-21(2)11-13-6-4-3-5-7-13/h3-10,12H,1,11H2,2H3. The SMILES string of the molecule is C=NC(=CN(C)Cc1ccccc1)c1cc(F)ccc1F. The summed E-state index contributed by atoms with van der Waals surface area (Å²) in [6, 6.07) is 13.1. The fourth-order valence-electron chi connectivity index (χ4n) is 2.02. The maximum atomic E-state index is 13.8. The van der Waals surface area contributed by atoms with Crippen molar-refractivity contribution in [3.8, 4) is 0 Å². The minimum Gasteiger partial charge on any atom is -0.374 e. The van der Waals surface area contributed by atoms with E-state index in [1.807, 2.05) is 42.3 Å². The molecule has 4 heteroatoms. The zero-order chi connectivity index (χ0) is 15.2. The van der Waals surface area contributed by atoms with E-state index in [0.717, 1.165) is 23.8 Å². The lowest BCUT2D eigenvalue weighted by molar-refractivity contribution is 0.451. The predicted octanol–water partition coefficient (Wildman–Crippen LogP) is 4.10. The van der Waals surface area contributed by atoms with Crippen LogP contribution in [0.5, 0.6) is 0 Å². The van der Waals surface area contributed by atoms with Crippen LogP contribution >= 0.6 is 0 Å². The summed E-state index contributed by atoms with van der Waals surface area (Å²) in [5, 5.41) is 0. The third kappa shape index (κ3) is 3.99. The summed E-state index contributed by atoms with van der Waals surface area (Å²) >= 11 is 0. The van der Waals surface area contributed by atoms with Crippen LogP contribution in [0.1, 0.15) is 11.1 Å². The summed E-state index contributed by atoms with van der Waals surface area (Å²) in [6.07, 6.45) is 1.65. The van der Waals surface area contributed by atoms with Crippen molar-refractivity contribution in [1.29, 1.82) is 0 Å². The second-order valence-corrected chi connectivity index (χ2v) is 4.70. The third-order valence-corrected chi connectivity index (χ3v) is 2.99. The topological polar surface area (TPSA) is 15.6 Å². The molecule has 0 saturated carbocycles. The van der Waals surface area contributed by atoms with Crippen LogP contribution in [-0.4, -0.2) is 18.7 Å². The smallest absolute Gasteiger partial charge is 0.132 e. The molecule has 2 aromatic carbocycles. The van der Waals surface area contributed by atoms with Gasteiger partial charge in [0.05, 0.1) is 5.70 Å². The molecule has 0 aliphatic heterocycles. The molecule has 0 aliphatic carbocycles. The minimum absolute atomic E-state index is 0.102. The number of benzene rings is 2. The first-order valence-electron chi connectivity index (χ1n) is 6.48. The van der Waals surface area contributed by atoms with Gasteiger partial charge in [0.25, 0.3) is 0 Å². The van der Waals surface area contributed by atoms with E-state index >= 15 is 0 Å². The van der Waals surface area contributed by atoms with Crippen LogP contribution in [-0.2, 0) is 6.54 Å². The monoisotopic (exact) mass is 286 g/mol. The minimum atomic E-state index is -0.525. The number of aliphatic imine (C=N–C) groups is 1. The molecule has 0 spiro atoms. The number of halogens is 2. The Labute approximate surface area is 123 Å². The van der Waals surface area contributed by atoms with Gasteiger partial charge in [0.1, 0.15) is 11.6 Å². The molecule has 0 aromatic heterocycles. The van der Waals surface area contributed by atoms with Gasteiger partial charge in [-0.25, -0.2) is 8.78 Å². The molecule has 0 radical (unpaired) electrons. The first-order valence-corrected chi connectivity index (χ1v) is 6.48. The van der Waals surface area contributed by atoms with E-state index < -0.39 is 11.6 Å². The molecule has 0 amide bonds. The van der Waals surface area contributed by atoms with E-state index in [1.54, 1.807) is 6.20 Å². The molecule has 0 atom stereocenters. The van der Waals surface area contributed by atoms with Crippen molar-refractivity contribution in [2.75, 3.05) is 7.05 Å². The van der Waals surface area contributed by atoms with Gasteiger partial charge in [0, 0.05) is 25.4 Å². The Hall–Kier alpha value is -2.49. The number of hydrogen-bond donors (Lipinski definition) is 0. The summed E-state index contributed by atoms with van der Waals surface area (Å²) in [5.41, 5.74) is 1.51. The highest BCUT2D eigenvalue weighted by molar-refractivity contribution is 5.68. The van der Waals surface area contributed by atoms with Gasteiger partial charge in [0.15, 0.2) is 0 Å². The predicted molar refractivity (Wildman–Crippen MR) is 81.8 cm³/mol. The number of nitrogens with zero attached hydrogens (tertiary/aromatic N) is 2.